The van der Waals surface area contributed by atoms with E-state index in [4.69, 9.17) is 23.2 Å². The van der Waals surface area contributed by atoms with Gasteiger partial charge in [0.15, 0.2) is 0 Å². The van der Waals surface area contributed by atoms with Gasteiger partial charge >= 0.3 is 0 Å². The Bertz CT molecular complexity index is 405. The Morgan fingerprint density at radius 3 is 2.56 bits per heavy atom. The van der Waals surface area contributed by atoms with Crippen LogP contribution in [0.2, 0.25) is 10.0 Å². The van der Waals surface area contributed by atoms with Gasteiger partial charge in [-0.2, -0.15) is 0 Å². The molecule has 0 aromatic heterocycles. The van der Waals surface area contributed by atoms with Gasteiger partial charge in [-0.25, -0.2) is 0 Å². The second-order valence-corrected chi connectivity index (χ2v) is 5.65. The Balaban J connectivity index is 2.29. The first-order valence-corrected chi connectivity index (χ1v) is 6.37. The summed E-state index contributed by atoms with van der Waals surface area (Å²) in [5.41, 5.74) is 1.17. The van der Waals surface area contributed by atoms with E-state index < -0.39 is 0 Å². The van der Waals surface area contributed by atoms with Crippen molar-refractivity contribution in [2.24, 2.45) is 5.41 Å². The summed E-state index contributed by atoms with van der Waals surface area (Å²) in [6.45, 7) is 4.25. The van der Waals surface area contributed by atoms with E-state index >= 15 is 0 Å². The van der Waals surface area contributed by atoms with Gasteiger partial charge < -0.3 is 5.11 Å². The van der Waals surface area contributed by atoms with Crippen LogP contribution in [0, 0.1) is 5.41 Å². The van der Waals surface area contributed by atoms with Crippen LogP contribution in [0.1, 0.15) is 38.2 Å². The van der Waals surface area contributed by atoms with Crippen LogP contribution in [0.15, 0.2) is 18.2 Å². The topological polar surface area (TPSA) is 20.2 Å². The quantitative estimate of drug-likeness (QED) is 0.841. The molecular weight excluding hydrogens is 243 g/mol. The first-order chi connectivity index (χ1) is 7.49. The van der Waals surface area contributed by atoms with Gasteiger partial charge in [0.1, 0.15) is 0 Å². The fraction of sp³-hybridized carbons (Fsp3) is 0.538. The third-order valence-corrected chi connectivity index (χ3v) is 4.86. The third-order valence-electron chi connectivity index (χ3n) is 4.12. The summed E-state index contributed by atoms with van der Waals surface area (Å²) >= 11 is 11.9. The van der Waals surface area contributed by atoms with E-state index in [1.165, 1.54) is 5.56 Å². The van der Waals surface area contributed by atoms with Crippen molar-refractivity contribution in [3.63, 3.8) is 0 Å². The lowest BCUT2D eigenvalue weighted by atomic mass is 9.55. The Morgan fingerprint density at radius 2 is 2.06 bits per heavy atom. The third kappa shape index (κ3) is 1.75. The van der Waals surface area contributed by atoms with Crippen molar-refractivity contribution in [2.75, 3.05) is 0 Å². The van der Waals surface area contributed by atoms with Crippen molar-refractivity contribution in [3.05, 3.63) is 33.8 Å². The molecule has 1 aromatic rings. The summed E-state index contributed by atoms with van der Waals surface area (Å²) in [7, 11) is 0. The molecule has 1 N–H and O–H groups in total. The molecule has 0 spiro atoms. The molecule has 1 saturated carbocycles. The van der Waals surface area contributed by atoms with E-state index in [-0.39, 0.29) is 11.5 Å². The molecule has 3 unspecified atom stereocenters. The van der Waals surface area contributed by atoms with Crippen LogP contribution in [-0.2, 0) is 0 Å². The second-order valence-electron chi connectivity index (χ2n) is 4.84. The van der Waals surface area contributed by atoms with Gasteiger partial charge in [-0.15, -0.1) is 0 Å². The minimum Gasteiger partial charge on any atom is -0.393 e. The summed E-state index contributed by atoms with van der Waals surface area (Å²) in [5, 5.41) is 11.0. The van der Waals surface area contributed by atoms with Crippen LogP contribution in [0.5, 0.6) is 0 Å². The van der Waals surface area contributed by atoms with E-state index in [9.17, 15) is 5.11 Å². The van der Waals surface area contributed by atoms with Crippen LogP contribution in [0.3, 0.4) is 0 Å². The predicted molar refractivity (Wildman–Crippen MR) is 68.2 cm³/mol. The molecule has 1 aliphatic carbocycles. The summed E-state index contributed by atoms with van der Waals surface area (Å²) in [6, 6.07) is 5.77. The zero-order valence-electron chi connectivity index (χ0n) is 9.50. The minimum absolute atomic E-state index is 0.0167. The van der Waals surface area contributed by atoms with Gasteiger partial charge in [-0.3, -0.25) is 0 Å². The lowest BCUT2D eigenvalue weighted by Crippen LogP contribution is -2.49. The fourth-order valence-corrected chi connectivity index (χ4v) is 2.87. The number of benzene rings is 1. The van der Waals surface area contributed by atoms with E-state index in [0.29, 0.717) is 16.0 Å². The van der Waals surface area contributed by atoms with Crippen LogP contribution in [0.4, 0.5) is 0 Å². The highest BCUT2D eigenvalue weighted by Crippen LogP contribution is 2.55. The molecule has 0 aliphatic heterocycles. The van der Waals surface area contributed by atoms with Gasteiger partial charge in [0, 0.05) is 5.41 Å². The molecule has 2 rings (SSSR count). The molecule has 0 bridgehead atoms. The van der Waals surface area contributed by atoms with Crippen molar-refractivity contribution in [2.45, 2.75) is 38.7 Å². The summed E-state index contributed by atoms with van der Waals surface area (Å²) in [6.07, 6.45) is 1.60. The SMILES string of the molecule is CCC1(C)C(O)CC1c1ccc(Cl)c(Cl)c1. The smallest absolute Gasteiger partial charge is 0.0605 e. The van der Waals surface area contributed by atoms with Gasteiger partial charge in [-0.1, -0.05) is 43.1 Å². The maximum Gasteiger partial charge on any atom is 0.0605 e. The normalized spacial score (nSPS) is 33.6. The lowest BCUT2D eigenvalue weighted by molar-refractivity contribution is -0.0777. The number of aliphatic hydroxyl groups is 1. The fourth-order valence-electron chi connectivity index (χ4n) is 2.56. The van der Waals surface area contributed by atoms with Crippen LogP contribution in [-0.4, -0.2) is 11.2 Å². The molecular formula is C13H16Cl2O. The second kappa shape index (κ2) is 4.21. The Morgan fingerprint density at radius 1 is 1.38 bits per heavy atom. The Hall–Kier alpha value is -0.240. The van der Waals surface area contributed by atoms with Crippen LogP contribution in [0.25, 0.3) is 0 Å². The predicted octanol–water partition coefficient (Wildman–Crippen LogP) is 4.26. The molecule has 1 aliphatic rings. The molecule has 16 heavy (non-hydrogen) atoms. The summed E-state index contributed by atoms with van der Waals surface area (Å²) in [5.74, 6) is 0.391. The summed E-state index contributed by atoms with van der Waals surface area (Å²) < 4.78 is 0. The molecule has 0 heterocycles. The van der Waals surface area contributed by atoms with Crippen LogP contribution >= 0.6 is 23.2 Å². The number of hydrogen-bond acceptors (Lipinski definition) is 1. The highest BCUT2D eigenvalue weighted by Gasteiger charge is 2.50. The highest BCUT2D eigenvalue weighted by atomic mass is 35.5. The first kappa shape index (κ1) is 12.2. The molecule has 0 saturated heterocycles. The first-order valence-electron chi connectivity index (χ1n) is 5.62. The Kier molecular flexibility index (Phi) is 3.22. The van der Waals surface area contributed by atoms with Gasteiger partial charge in [0.2, 0.25) is 0 Å². The minimum atomic E-state index is -0.197. The van der Waals surface area contributed by atoms with E-state index in [1.54, 1.807) is 0 Å². The Labute approximate surface area is 106 Å². The van der Waals surface area contributed by atoms with Gasteiger partial charge in [0.05, 0.1) is 16.1 Å². The van der Waals surface area contributed by atoms with E-state index in [0.717, 1.165) is 12.8 Å². The van der Waals surface area contributed by atoms with Crippen molar-refractivity contribution in [3.8, 4) is 0 Å². The maximum absolute atomic E-state index is 9.86. The number of hydrogen-bond donors (Lipinski definition) is 1. The zero-order valence-corrected chi connectivity index (χ0v) is 11.0. The summed E-state index contributed by atoms with van der Waals surface area (Å²) in [4.78, 5) is 0. The maximum atomic E-state index is 9.86. The zero-order chi connectivity index (χ0) is 11.9. The van der Waals surface area contributed by atoms with Crippen molar-refractivity contribution >= 4 is 23.2 Å². The molecule has 88 valence electrons. The monoisotopic (exact) mass is 258 g/mol. The molecule has 0 radical (unpaired) electrons. The molecule has 1 fully saturated rings. The molecule has 1 aromatic carbocycles. The molecule has 3 atom stereocenters. The van der Waals surface area contributed by atoms with Crippen molar-refractivity contribution in [1.29, 1.82) is 0 Å². The largest absolute Gasteiger partial charge is 0.393 e. The van der Waals surface area contributed by atoms with E-state index in [1.807, 2.05) is 18.2 Å². The lowest BCUT2D eigenvalue weighted by Gasteiger charge is -2.51. The number of rotatable bonds is 2. The molecule has 1 nitrogen and oxygen atoms in total. The van der Waals surface area contributed by atoms with Crippen molar-refractivity contribution < 1.29 is 5.11 Å². The molecule has 0 amide bonds. The van der Waals surface area contributed by atoms with Crippen molar-refractivity contribution in [1.82, 2.24) is 0 Å². The number of aliphatic hydroxyl groups excluding tert-OH is 1. The van der Waals surface area contributed by atoms with Gasteiger partial charge in [0.25, 0.3) is 0 Å². The standard InChI is InChI=1S/C13H16Cl2O/c1-3-13(2)9(7-12(13)16)8-4-5-10(14)11(15)6-8/h4-6,9,12,16H,3,7H2,1-2H3. The average Bonchev–Trinajstić information content (AvgIpc) is 2.28. The van der Waals surface area contributed by atoms with E-state index in [2.05, 4.69) is 13.8 Å². The number of halogens is 2. The average molecular weight is 259 g/mol. The molecule has 3 heteroatoms. The van der Waals surface area contributed by atoms with Gasteiger partial charge in [-0.05, 0) is 36.5 Å². The van der Waals surface area contributed by atoms with Crippen LogP contribution < -0.4 is 0 Å². The highest BCUT2D eigenvalue weighted by molar-refractivity contribution is 6.42.